The van der Waals surface area contributed by atoms with E-state index in [1.54, 1.807) is 6.08 Å². The predicted molar refractivity (Wildman–Crippen MR) is 84.9 cm³/mol. The second kappa shape index (κ2) is 8.87. The summed E-state index contributed by atoms with van der Waals surface area (Å²) in [7, 11) is 1.32. The molecular weight excluding hydrogens is 282 g/mol. The van der Waals surface area contributed by atoms with Gasteiger partial charge in [-0.15, -0.1) is 0 Å². The molecule has 1 aromatic rings. The molecule has 0 aliphatic rings. The molecule has 5 nitrogen and oxygen atoms in total. The van der Waals surface area contributed by atoms with E-state index in [1.807, 2.05) is 32.9 Å². The van der Waals surface area contributed by atoms with E-state index in [0.717, 1.165) is 16.9 Å². The minimum Gasteiger partial charge on any atom is -0.483 e. The molecule has 120 valence electrons. The van der Waals surface area contributed by atoms with Crippen molar-refractivity contribution in [1.29, 1.82) is 0 Å². The summed E-state index contributed by atoms with van der Waals surface area (Å²) in [6.07, 6.45) is 3.55. The first-order chi connectivity index (χ1) is 10.4. The Morgan fingerprint density at radius 1 is 1.18 bits per heavy atom. The third-order valence-electron chi connectivity index (χ3n) is 3.04. The van der Waals surface area contributed by atoms with E-state index >= 15 is 0 Å². The number of carbonyl (C=O) groups excluding carboxylic acids is 2. The van der Waals surface area contributed by atoms with Gasteiger partial charge in [0.2, 0.25) is 0 Å². The van der Waals surface area contributed by atoms with E-state index in [4.69, 9.17) is 4.74 Å². The third-order valence-corrected chi connectivity index (χ3v) is 3.04. The summed E-state index contributed by atoms with van der Waals surface area (Å²) in [5.41, 5.74) is 3.21. The number of esters is 1. The number of ether oxygens (including phenoxy) is 2. The van der Waals surface area contributed by atoms with Gasteiger partial charge < -0.3 is 14.8 Å². The summed E-state index contributed by atoms with van der Waals surface area (Å²) in [6.45, 7) is 6.38. The molecule has 0 aliphatic heterocycles. The van der Waals surface area contributed by atoms with Crippen LogP contribution in [-0.4, -0.2) is 32.1 Å². The summed E-state index contributed by atoms with van der Waals surface area (Å²) in [4.78, 5) is 22.5. The SMILES string of the molecule is COC(=O)/C=C/CCNC(=O)COc1c(C)cc(C)cc1C. The molecule has 0 unspecified atom stereocenters. The van der Waals surface area contributed by atoms with Crippen LogP contribution in [-0.2, 0) is 14.3 Å². The van der Waals surface area contributed by atoms with Crippen molar-refractivity contribution >= 4 is 11.9 Å². The minimum atomic E-state index is -0.403. The lowest BCUT2D eigenvalue weighted by Crippen LogP contribution is -2.29. The highest BCUT2D eigenvalue weighted by atomic mass is 16.5. The first-order valence-corrected chi connectivity index (χ1v) is 7.16. The van der Waals surface area contributed by atoms with Gasteiger partial charge in [0.1, 0.15) is 5.75 Å². The predicted octanol–water partition coefficient (Wildman–Crippen LogP) is 2.23. The van der Waals surface area contributed by atoms with Crippen LogP contribution in [0, 0.1) is 20.8 Å². The summed E-state index contributed by atoms with van der Waals surface area (Å²) in [5.74, 6) is 0.164. The Labute approximate surface area is 131 Å². The molecule has 0 saturated heterocycles. The standard InChI is InChI=1S/C17H23NO4/c1-12-9-13(2)17(14(3)10-12)22-11-15(19)18-8-6-5-7-16(20)21-4/h5,7,9-10H,6,8,11H2,1-4H3,(H,18,19)/b7-5+. The molecule has 0 radical (unpaired) electrons. The molecule has 0 aromatic heterocycles. The molecule has 1 amide bonds. The van der Waals surface area contributed by atoms with Gasteiger partial charge in [0.25, 0.3) is 5.91 Å². The fourth-order valence-corrected chi connectivity index (χ4v) is 2.13. The lowest BCUT2D eigenvalue weighted by molar-refractivity contribution is -0.134. The van der Waals surface area contributed by atoms with E-state index in [1.165, 1.54) is 18.7 Å². The van der Waals surface area contributed by atoms with Gasteiger partial charge in [-0.3, -0.25) is 4.79 Å². The highest BCUT2D eigenvalue weighted by Gasteiger charge is 2.07. The molecule has 0 bridgehead atoms. The number of nitrogens with one attached hydrogen (secondary N) is 1. The first-order valence-electron chi connectivity index (χ1n) is 7.16. The Bertz CT molecular complexity index is 541. The van der Waals surface area contributed by atoms with Crippen molar-refractivity contribution in [2.75, 3.05) is 20.3 Å². The van der Waals surface area contributed by atoms with Gasteiger partial charge in [-0.2, -0.15) is 0 Å². The highest BCUT2D eigenvalue weighted by Crippen LogP contribution is 2.24. The zero-order valence-electron chi connectivity index (χ0n) is 13.6. The zero-order chi connectivity index (χ0) is 16.5. The van der Waals surface area contributed by atoms with E-state index in [0.29, 0.717) is 13.0 Å². The average Bonchev–Trinajstić information content (AvgIpc) is 2.45. The highest BCUT2D eigenvalue weighted by molar-refractivity contribution is 5.81. The Morgan fingerprint density at radius 3 is 2.41 bits per heavy atom. The van der Waals surface area contributed by atoms with Crippen LogP contribution in [0.4, 0.5) is 0 Å². The van der Waals surface area contributed by atoms with Crippen LogP contribution in [0.25, 0.3) is 0 Å². The lowest BCUT2D eigenvalue weighted by Gasteiger charge is -2.13. The van der Waals surface area contributed by atoms with Crippen molar-refractivity contribution in [3.05, 3.63) is 41.0 Å². The quantitative estimate of drug-likeness (QED) is 0.476. The van der Waals surface area contributed by atoms with Crippen molar-refractivity contribution in [3.8, 4) is 5.75 Å². The molecule has 0 aliphatic carbocycles. The fourth-order valence-electron chi connectivity index (χ4n) is 2.13. The second-order valence-electron chi connectivity index (χ2n) is 5.08. The Hall–Kier alpha value is -2.30. The number of amides is 1. The lowest BCUT2D eigenvalue weighted by atomic mass is 10.1. The molecule has 0 heterocycles. The van der Waals surface area contributed by atoms with Crippen LogP contribution in [0.15, 0.2) is 24.3 Å². The summed E-state index contributed by atoms with van der Waals surface area (Å²) >= 11 is 0. The van der Waals surface area contributed by atoms with E-state index in [9.17, 15) is 9.59 Å². The van der Waals surface area contributed by atoms with Crippen molar-refractivity contribution in [2.24, 2.45) is 0 Å². The summed E-state index contributed by atoms with van der Waals surface area (Å²) in [6, 6.07) is 4.05. The van der Waals surface area contributed by atoms with Gasteiger partial charge in [-0.25, -0.2) is 4.79 Å². The maximum Gasteiger partial charge on any atom is 0.330 e. The molecule has 0 saturated carbocycles. The molecule has 1 rings (SSSR count). The topological polar surface area (TPSA) is 64.6 Å². The van der Waals surface area contributed by atoms with Gasteiger partial charge in [-0.05, 0) is 38.3 Å². The van der Waals surface area contributed by atoms with Crippen molar-refractivity contribution in [1.82, 2.24) is 5.32 Å². The smallest absolute Gasteiger partial charge is 0.330 e. The van der Waals surface area contributed by atoms with Crippen LogP contribution in [0.1, 0.15) is 23.1 Å². The molecule has 1 N–H and O–H groups in total. The minimum absolute atomic E-state index is 0.0224. The van der Waals surface area contributed by atoms with Crippen LogP contribution in [0.3, 0.4) is 0 Å². The maximum absolute atomic E-state index is 11.7. The van der Waals surface area contributed by atoms with Gasteiger partial charge >= 0.3 is 5.97 Å². The monoisotopic (exact) mass is 305 g/mol. The molecule has 22 heavy (non-hydrogen) atoms. The first kappa shape index (κ1) is 17.8. The van der Waals surface area contributed by atoms with Crippen molar-refractivity contribution in [2.45, 2.75) is 27.2 Å². The molecule has 1 aromatic carbocycles. The van der Waals surface area contributed by atoms with Crippen LogP contribution in [0.2, 0.25) is 0 Å². The number of hydrogen-bond donors (Lipinski definition) is 1. The zero-order valence-corrected chi connectivity index (χ0v) is 13.6. The molecular formula is C17H23NO4. The summed E-state index contributed by atoms with van der Waals surface area (Å²) in [5, 5.41) is 2.73. The van der Waals surface area contributed by atoms with Gasteiger partial charge in [0, 0.05) is 12.6 Å². The molecule has 5 heteroatoms. The van der Waals surface area contributed by atoms with Crippen LogP contribution in [0.5, 0.6) is 5.75 Å². The fraction of sp³-hybridized carbons (Fsp3) is 0.412. The van der Waals surface area contributed by atoms with E-state index in [2.05, 4.69) is 10.1 Å². The molecule has 0 fully saturated rings. The van der Waals surface area contributed by atoms with Gasteiger partial charge in [0.05, 0.1) is 7.11 Å². The number of aryl methyl sites for hydroxylation is 3. The van der Waals surface area contributed by atoms with Crippen molar-refractivity contribution in [3.63, 3.8) is 0 Å². The summed E-state index contributed by atoms with van der Waals surface area (Å²) < 4.78 is 10.1. The van der Waals surface area contributed by atoms with Gasteiger partial charge in [0.15, 0.2) is 6.61 Å². The Morgan fingerprint density at radius 2 is 1.82 bits per heavy atom. The van der Waals surface area contributed by atoms with Crippen LogP contribution >= 0.6 is 0 Å². The number of methoxy groups -OCH3 is 1. The third kappa shape index (κ3) is 5.99. The van der Waals surface area contributed by atoms with Crippen molar-refractivity contribution < 1.29 is 19.1 Å². The number of benzene rings is 1. The molecule has 0 atom stereocenters. The Balaban J connectivity index is 2.35. The number of hydrogen-bond acceptors (Lipinski definition) is 4. The second-order valence-corrected chi connectivity index (χ2v) is 5.08. The number of rotatable bonds is 7. The maximum atomic E-state index is 11.7. The average molecular weight is 305 g/mol. The number of carbonyl (C=O) groups is 2. The molecule has 0 spiro atoms. The largest absolute Gasteiger partial charge is 0.483 e. The van der Waals surface area contributed by atoms with Gasteiger partial charge in [-0.1, -0.05) is 23.8 Å². The Kier molecular flexibility index (Phi) is 7.16. The van der Waals surface area contributed by atoms with E-state index in [-0.39, 0.29) is 12.5 Å². The van der Waals surface area contributed by atoms with Crippen LogP contribution < -0.4 is 10.1 Å². The van der Waals surface area contributed by atoms with E-state index < -0.39 is 5.97 Å². The normalized spacial score (nSPS) is 10.5.